The number of primary amides is 1. The molecule has 0 spiro atoms. The lowest BCUT2D eigenvalue weighted by atomic mass is 10.2. The van der Waals surface area contributed by atoms with Gasteiger partial charge in [-0.25, -0.2) is 0 Å². The van der Waals surface area contributed by atoms with Gasteiger partial charge in [-0.2, -0.15) is 0 Å². The van der Waals surface area contributed by atoms with Crippen LogP contribution in [0.5, 0.6) is 0 Å². The van der Waals surface area contributed by atoms with Crippen LogP contribution in [0.15, 0.2) is 59.2 Å². The van der Waals surface area contributed by atoms with Gasteiger partial charge in [0.05, 0.1) is 11.1 Å². The lowest BCUT2D eigenvalue weighted by molar-refractivity contribution is 0.0965. The average Bonchev–Trinajstić information content (AvgIpc) is 2.86. The largest absolute Gasteiger partial charge is 0.366 e. The number of benzene rings is 2. The summed E-state index contributed by atoms with van der Waals surface area (Å²) >= 11 is 3.35. The highest BCUT2D eigenvalue weighted by Gasteiger charge is 2.17. The van der Waals surface area contributed by atoms with E-state index in [0.29, 0.717) is 22.0 Å². The summed E-state index contributed by atoms with van der Waals surface area (Å²) in [7, 11) is 0. The molecule has 1 heterocycles. The summed E-state index contributed by atoms with van der Waals surface area (Å²) in [6.07, 6.45) is 1.50. The molecule has 3 rings (SSSR count). The first kappa shape index (κ1) is 13.6. The van der Waals surface area contributed by atoms with Gasteiger partial charge in [0.15, 0.2) is 0 Å². The number of aromatic nitrogens is 1. The third-order valence-corrected chi connectivity index (χ3v) is 3.76. The van der Waals surface area contributed by atoms with Crippen LogP contribution in [0, 0.1) is 0 Å². The first-order valence-electron chi connectivity index (χ1n) is 6.28. The summed E-state index contributed by atoms with van der Waals surface area (Å²) < 4.78 is 2.27. The lowest BCUT2D eigenvalue weighted by Gasteiger charge is -2.04. The van der Waals surface area contributed by atoms with Crippen molar-refractivity contribution < 1.29 is 9.59 Å². The van der Waals surface area contributed by atoms with Crippen LogP contribution in [0.3, 0.4) is 0 Å². The number of nitrogens with zero attached hydrogens (tertiary/aromatic N) is 1. The second-order valence-corrected chi connectivity index (χ2v) is 5.53. The minimum atomic E-state index is -0.549. The zero-order chi connectivity index (χ0) is 15.0. The maximum atomic E-state index is 12.6. The third kappa shape index (κ3) is 2.36. The maximum Gasteiger partial charge on any atom is 0.262 e. The number of halogens is 1. The third-order valence-electron chi connectivity index (χ3n) is 3.27. The van der Waals surface area contributed by atoms with Crippen molar-refractivity contribution in [1.82, 2.24) is 4.57 Å². The number of carbonyl (C=O) groups excluding carboxylic acids is 2. The van der Waals surface area contributed by atoms with Crippen molar-refractivity contribution in [1.29, 1.82) is 0 Å². The van der Waals surface area contributed by atoms with Crippen LogP contribution in [-0.4, -0.2) is 16.4 Å². The van der Waals surface area contributed by atoms with E-state index in [2.05, 4.69) is 15.9 Å². The van der Waals surface area contributed by atoms with Gasteiger partial charge in [0, 0.05) is 21.6 Å². The number of carbonyl (C=O) groups is 2. The quantitative estimate of drug-likeness (QED) is 0.777. The summed E-state index contributed by atoms with van der Waals surface area (Å²) in [4.78, 5) is 24.2. The Hall–Kier alpha value is -2.40. The molecule has 4 nitrogen and oxygen atoms in total. The van der Waals surface area contributed by atoms with E-state index in [-0.39, 0.29) is 5.91 Å². The highest BCUT2D eigenvalue weighted by atomic mass is 79.9. The van der Waals surface area contributed by atoms with E-state index >= 15 is 0 Å². The normalized spacial score (nSPS) is 10.7. The van der Waals surface area contributed by atoms with Gasteiger partial charge in [-0.05, 0) is 24.3 Å². The summed E-state index contributed by atoms with van der Waals surface area (Å²) in [5, 5.41) is 0.674. The Morgan fingerprint density at radius 2 is 1.81 bits per heavy atom. The van der Waals surface area contributed by atoms with Crippen LogP contribution in [0.25, 0.3) is 10.9 Å². The molecule has 2 N–H and O–H groups in total. The zero-order valence-corrected chi connectivity index (χ0v) is 12.5. The van der Waals surface area contributed by atoms with E-state index in [1.54, 1.807) is 30.3 Å². The van der Waals surface area contributed by atoms with Crippen molar-refractivity contribution in [3.8, 4) is 0 Å². The minimum Gasteiger partial charge on any atom is -0.366 e. The maximum absolute atomic E-state index is 12.6. The van der Waals surface area contributed by atoms with Gasteiger partial charge in [0.25, 0.3) is 11.8 Å². The van der Waals surface area contributed by atoms with Gasteiger partial charge in [-0.15, -0.1) is 0 Å². The summed E-state index contributed by atoms with van der Waals surface area (Å²) in [6.45, 7) is 0. The van der Waals surface area contributed by atoms with Crippen LogP contribution < -0.4 is 5.73 Å². The van der Waals surface area contributed by atoms with E-state index in [4.69, 9.17) is 5.73 Å². The molecule has 0 saturated heterocycles. The average molecular weight is 343 g/mol. The Morgan fingerprint density at radius 1 is 1.05 bits per heavy atom. The molecule has 0 aliphatic heterocycles. The molecule has 0 aliphatic rings. The van der Waals surface area contributed by atoms with Crippen molar-refractivity contribution in [2.24, 2.45) is 5.73 Å². The van der Waals surface area contributed by atoms with E-state index in [1.807, 2.05) is 18.2 Å². The summed E-state index contributed by atoms with van der Waals surface area (Å²) in [6, 6.07) is 14.3. The van der Waals surface area contributed by atoms with Crippen molar-refractivity contribution in [3.05, 3.63) is 70.3 Å². The van der Waals surface area contributed by atoms with Crippen LogP contribution in [-0.2, 0) is 0 Å². The first-order chi connectivity index (χ1) is 10.1. The van der Waals surface area contributed by atoms with Gasteiger partial charge in [0.1, 0.15) is 0 Å². The number of hydrogen-bond donors (Lipinski definition) is 1. The molecular weight excluding hydrogens is 332 g/mol. The number of amides is 1. The van der Waals surface area contributed by atoms with Crippen LogP contribution in [0.4, 0.5) is 0 Å². The monoisotopic (exact) mass is 342 g/mol. The molecule has 0 saturated carbocycles. The predicted octanol–water partition coefficient (Wildman–Crippen LogP) is 3.19. The molecule has 0 fully saturated rings. The zero-order valence-electron chi connectivity index (χ0n) is 10.9. The van der Waals surface area contributed by atoms with Crippen LogP contribution in [0.2, 0.25) is 0 Å². The highest BCUT2D eigenvalue weighted by Crippen LogP contribution is 2.22. The number of fused-ring (bicyclic) bond motifs is 1. The molecule has 2 aromatic carbocycles. The second kappa shape index (κ2) is 5.18. The molecule has 0 aliphatic carbocycles. The van der Waals surface area contributed by atoms with Crippen molar-refractivity contribution in [2.45, 2.75) is 0 Å². The molecule has 0 unspecified atom stereocenters. The van der Waals surface area contributed by atoms with Crippen molar-refractivity contribution in [3.63, 3.8) is 0 Å². The molecule has 1 aromatic heterocycles. The molecular formula is C16H11BrN2O2. The fourth-order valence-electron chi connectivity index (χ4n) is 2.30. The lowest BCUT2D eigenvalue weighted by Crippen LogP contribution is -2.12. The molecule has 5 heteroatoms. The molecule has 3 aromatic rings. The van der Waals surface area contributed by atoms with Gasteiger partial charge < -0.3 is 5.73 Å². The van der Waals surface area contributed by atoms with Gasteiger partial charge in [0.2, 0.25) is 0 Å². The summed E-state index contributed by atoms with van der Waals surface area (Å²) in [5.41, 5.74) is 6.92. The minimum absolute atomic E-state index is 0.208. The molecule has 0 atom stereocenters. The topological polar surface area (TPSA) is 65.1 Å². The molecule has 21 heavy (non-hydrogen) atoms. The number of para-hydroxylation sites is 1. The van der Waals surface area contributed by atoms with E-state index in [0.717, 1.165) is 4.47 Å². The Kier molecular flexibility index (Phi) is 3.35. The number of hydrogen-bond acceptors (Lipinski definition) is 2. The van der Waals surface area contributed by atoms with E-state index in [1.165, 1.54) is 10.8 Å². The SMILES string of the molecule is NC(=O)c1cn(C(=O)c2cccc(Br)c2)c2ccccc12. The molecule has 104 valence electrons. The smallest absolute Gasteiger partial charge is 0.262 e. The van der Waals surface area contributed by atoms with E-state index < -0.39 is 5.91 Å². The summed E-state index contributed by atoms with van der Waals surface area (Å²) in [5.74, 6) is -0.757. The highest BCUT2D eigenvalue weighted by molar-refractivity contribution is 9.10. The molecule has 1 amide bonds. The van der Waals surface area contributed by atoms with Gasteiger partial charge in [-0.1, -0.05) is 40.2 Å². The van der Waals surface area contributed by atoms with Crippen LogP contribution in [0.1, 0.15) is 20.7 Å². The first-order valence-corrected chi connectivity index (χ1v) is 7.07. The fraction of sp³-hybridized carbons (Fsp3) is 0. The Balaban J connectivity index is 2.21. The van der Waals surface area contributed by atoms with E-state index in [9.17, 15) is 9.59 Å². The van der Waals surface area contributed by atoms with Crippen LogP contribution >= 0.6 is 15.9 Å². The predicted molar refractivity (Wildman–Crippen MR) is 84.3 cm³/mol. The fourth-order valence-corrected chi connectivity index (χ4v) is 2.70. The molecule has 0 bridgehead atoms. The van der Waals surface area contributed by atoms with Crippen molar-refractivity contribution >= 4 is 38.6 Å². The van der Waals surface area contributed by atoms with Gasteiger partial charge in [-0.3, -0.25) is 14.2 Å². The number of nitrogens with two attached hydrogens (primary N) is 1. The standard InChI is InChI=1S/C16H11BrN2O2/c17-11-5-3-4-10(8-11)16(21)19-9-13(15(18)20)12-6-1-2-7-14(12)19/h1-9H,(H2,18,20). The molecule has 0 radical (unpaired) electrons. The number of rotatable bonds is 2. The Labute approximate surface area is 129 Å². The van der Waals surface area contributed by atoms with Gasteiger partial charge >= 0.3 is 0 Å². The van der Waals surface area contributed by atoms with Crippen molar-refractivity contribution in [2.75, 3.05) is 0 Å². The second-order valence-electron chi connectivity index (χ2n) is 4.61. The Morgan fingerprint density at radius 3 is 2.52 bits per heavy atom. The Bertz CT molecular complexity index is 868.